The van der Waals surface area contributed by atoms with Gasteiger partial charge in [-0.25, -0.2) is 0 Å². The topological polar surface area (TPSA) is 18.5 Å². The maximum Gasteiger partial charge on any atom is 0.0529 e. The van der Waals surface area contributed by atoms with Crippen LogP contribution >= 0.6 is 0 Å². The molecule has 8 spiro atoms. The molecule has 2 heteroatoms. The Labute approximate surface area is 131 Å². The van der Waals surface area contributed by atoms with Crippen molar-refractivity contribution in [3.63, 3.8) is 0 Å². The van der Waals surface area contributed by atoms with Crippen LogP contribution in [0.1, 0.15) is 51.4 Å². The van der Waals surface area contributed by atoms with Crippen LogP contribution in [0.4, 0.5) is 0 Å². The summed E-state index contributed by atoms with van der Waals surface area (Å²) in [5.74, 6) is 0. The third-order valence-corrected chi connectivity index (χ3v) is 12.5. The molecule has 2 aliphatic heterocycles. The number of hydrogen-bond acceptors (Lipinski definition) is 2. The number of hydrogen-bond donors (Lipinski definition) is 0. The summed E-state index contributed by atoms with van der Waals surface area (Å²) in [4.78, 5) is 0. The van der Waals surface area contributed by atoms with Gasteiger partial charge < -0.3 is 9.47 Å². The average Bonchev–Trinajstić information content (AvgIpc) is 3.21. The minimum absolute atomic E-state index is 0.644. The second-order valence-corrected chi connectivity index (χ2v) is 11.8. The smallest absolute Gasteiger partial charge is 0.0529 e. The van der Waals surface area contributed by atoms with Gasteiger partial charge in [-0.2, -0.15) is 0 Å². The molecule has 0 radical (unpaired) electrons. The Hall–Kier alpha value is -0.0800. The summed E-state index contributed by atoms with van der Waals surface area (Å²) in [6.07, 6.45) is 12.6. The molecule has 0 atom stereocenters. The normalized spacial score (nSPS) is 85.1. The molecule has 0 aromatic carbocycles. The van der Waals surface area contributed by atoms with E-state index in [1.165, 1.54) is 0 Å². The van der Waals surface area contributed by atoms with Crippen molar-refractivity contribution in [1.82, 2.24) is 0 Å². The van der Waals surface area contributed by atoms with Gasteiger partial charge >= 0.3 is 0 Å². The highest BCUT2D eigenvalue weighted by molar-refractivity contribution is 5.54. The Balaban J connectivity index is 1.39. The van der Waals surface area contributed by atoms with Crippen LogP contribution in [0.2, 0.25) is 0 Å². The van der Waals surface area contributed by atoms with Crippen molar-refractivity contribution >= 4 is 0 Å². The Kier molecular flexibility index (Phi) is 1.05. The van der Waals surface area contributed by atoms with Gasteiger partial charge in [-0.3, -0.25) is 0 Å². The van der Waals surface area contributed by atoms with Crippen LogP contribution in [-0.4, -0.2) is 26.4 Å². The van der Waals surface area contributed by atoms with E-state index in [1.807, 2.05) is 0 Å². The molecule has 116 valence electrons. The third kappa shape index (κ3) is 0.513. The van der Waals surface area contributed by atoms with Crippen molar-refractivity contribution in [1.29, 1.82) is 0 Å². The molecular weight excluding hydrogens is 272 g/mol. The van der Waals surface area contributed by atoms with Gasteiger partial charge in [0.05, 0.1) is 26.4 Å². The maximum absolute atomic E-state index is 6.09. The Morgan fingerprint density at radius 3 is 0.818 bits per heavy atom. The van der Waals surface area contributed by atoms with Gasteiger partial charge in [0.15, 0.2) is 0 Å². The summed E-state index contributed by atoms with van der Waals surface area (Å²) in [6, 6.07) is 0. The summed E-state index contributed by atoms with van der Waals surface area (Å²) < 4.78 is 12.2. The fourth-order valence-electron chi connectivity index (χ4n) is 13.0. The first-order chi connectivity index (χ1) is 10.6. The average molecular weight is 296 g/mol. The van der Waals surface area contributed by atoms with Gasteiger partial charge in [0.2, 0.25) is 0 Å². The highest BCUT2D eigenvalue weighted by atomic mass is 16.5. The molecule has 0 N–H and O–H groups in total. The molecule has 2 saturated heterocycles. The highest BCUT2D eigenvalue weighted by Crippen LogP contribution is 3.12. The van der Waals surface area contributed by atoms with Crippen LogP contribution in [0.5, 0.6) is 0 Å². The highest BCUT2D eigenvalue weighted by Gasteiger charge is 3.07. The van der Waals surface area contributed by atoms with Gasteiger partial charge in [0.25, 0.3) is 0 Å². The van der Waals surface area contributed by atoms with Gasteiger partial charge in [0, 0.05) is 21.7 Å². The van der Waals surface area contributed by atoms with Crippen LogP contribution in [0.25, 0.3) is 0 Å². The Bertz CT molecular complexity index is 570. The molecule has 9 saturated carbocycles. The Morgan fingerprint density at radius 1 is 0.364 bits per heavy atom. The molecule has 8 bridgehead atoms. The van der Waals surface area contributed by atoms with E-state index in [2.05, 4.69) is 0 Å². The van der Waals surface area contributed by atoms with Gasteiger partial charge in [-0.1, -0.05) is 0 Å². The molecule has 11 fully saturated rings. The van der Waals surface area contributed by atoms with E-state index < -0.39 is 0 Å². The van der Waals surface area contributed by atoms with Gasteiger partial charge in [0.1, 0.15) is 0 Å². The fraction of sp³-hybridized carbons (Fsp3) is 1.00. The summed E-state index contributed by atoms with van der Waals surface area (Å²) in [5, 5.41) is 0. The van der Waals surface area contributed by atoms with E-state index in [0.717, 1.165) is 48.1 Å². The van der Waals surface area contributed by atoms with Gasteiger partial charge in [-0.05, 0) is 73.0 Å². The summed E-state index contributed by atoms with van der Waals surface area (Å²) in [7, 11) is 0. The molecule has 0 aromatic heterocycles. The second kappa shape index (κ2) is 2.17. The molecule has 2 heterocycles. The number of rotatable bonds is 0. The van der Waals surface area contributed by atoms with E-state index >= 15 is 0 Å². The summed E-state index contributed by atoms with van der Waals surface area (Å²) in [5.41, 5.74) is 5.69. The lowest BCUT2D eigenvalue weighted by atomic mass is 9.28. The lowest BCUT2D eigenvalue weighted by molar-refractivity contribution is -0.283. The van der Waals surface area contributed by atoms with Crippen molar-refractivity contribution in [3.05, 3.63) is 0 Å². The van der Waals surface area contributed by atoms with Crippen LogP contribution in [0.3, 0.4) is 0 Å². The molecule has 11 rings (SSSR count). The van der Waals surface area contributed by atoms with E-state index in [0.29, 0.717) is 21.7 Å². The minimum atomic E-state index is 0.644. The summed E-state index contributed by atoms with van der Waals surface area (Å²) in [6.45, 7) is 4.51. The third-order valence-electron chi connectivity index (χ3n) is 12.5. The molecule has 0 unspecified atom stereocenters. The molecule has 11 aliphatic rings. The first kappa shape index (κ1) is 10.7. The van der Waals surface area contributed by atoms with Crippen molar-refractivity contribution in [2.45, 2.75) is 51.4 Å². The van der Waals surface area contributed by atoms with Crippen LogP contribution in [0.15, 0.2) is 0 Å². The maximum atomic E-state index is 6.09. The second-order valence-electron chi connectivity index (χ2n) is 11.8. The van der Waals surface area contributed by atoms with Crippen molar-refractivity contribution in [2.24, 2.45) is 43.3 Å². The van der Waals surface area contributed by atoms with Crippen molar-refractivity contribution in [2.75, 3.05) is 26.4 Å². The monoisotopic (exact) mass is 296 g/mol. The molecule has 0 aromatic rings. The first-order valence-electron chi connectivity index (χ1n) is 9.73. The van der Waals surface area contributed by atoms with E-state index in [-0.39, 0.29) is 0 Å². The molecular formula is C20H24O2. The first-order valence-corrected chi connectivity index (χ1v) is 9.73. The predicted molar refractivity (Wildman–Crippen MR) is 78.0 cm³/mol. The standard InChI is InChI=1S/C20H24O2/c1-13-2-18-4-14(13,10-21-9-13)3-17(1,18)19-5-15-7-20(18,19)8-16(15,6-19)12-22-11-15/h1-12H2. The number of ether oxygens (including phenoxy) is 2. The van der Waals surface area contributed by atoms with E-state index in [9.17, 15) is 0 Å². The van der Waals surface area contributed by atoms with Crippen molar-refractivity contribution in [3.8, 4) is 0 Å². The van der Waals surface area contributed by atoms with Crippen molar-refractivity contribution < 1.29 is 9.47 Å². The van der Waals surface area contributed by atoms with Gasteiger partial charge in [-0.15, -0.1) is 0 Å². The predicted octanol–water partition coefficient (Wildman–Crippen LogP) is 3.15. The van der Waals surface area contributed by atoms with E-state index in [1.54, 1.807) is 51.4 Å². The molecule has 9 aliphatic carbocycles. The van der Waals surface area contributed by atoms with Crippen LogP contribution in [0, 0.1) is 43.3 Å². The Morgan fingerprint density at radius 2 is 0.591 bits per heavy atom. The van der Waals surface area contributed by atoms with E-state index in [4.69, 9.17) is 9.47 Å². The van der Waals surface area contributed by atoms with Crippen LogP contribution < -0.4 is 0 Å². The SMILES string of the molecule is C1OCC23CC45CC12CC4(C3)C12CC34COCC3(CC51C4)C2. The lowest BCUT2D eigenvalue weighted by Gasteiger charge is -2.75. The minimum Gasteiger partial charge on any atom is -0.380 e. The molecule has 22 heavy (non-hydrogen) atoms. The quantitative estimate of drug-likeness (QED) is 0.683. The van der Waals surface area contributed by atoms with Crippen LogP contribution in [-0.2, 0) is 9.47 Å². The zero-order chi connectivity index (χ0) is 13.9. The molecule has 0 amide bonds. The fourth-order valence-corrected chi connectivity index (χ4v) is 13.0. The summed E-state index contributed by atoms with van der Waals surface area (Å²) >= 11 is 0. The molecule has 2 nitrogen and oxygen atoms in total. The zero-order valence-electron chi connectivity index (χ0n) is 13.3. The zero-order valence-corrected chi connectivity index (χ0v) is 13.3. The largest absolute Gasteiger partial charge is 0.380 e. The lowest BCUT2D eigenvalue weighted by Crippen LogP contribution is -2.70.